The van der Waals surface area contributed by atoms with Gasteiger partial charge in [-0.2, -0.15) is 15.5 Å². The van der Waals surface area contributed by atoms with Crippen molar-refractivity contribution in [2.75, 3.05) is 10.6 Å². The molecule has 1 aliphatic rings. The van der Waals surface area contributed by atoms with E-state index in [1.54, 1.807) is 54.6 Å². The van der Waals surface area contributed by atoms with Crippen molar-refractivity contribution in [1.29, 1.82) is 5.26 Å². The summed E-state index contributed by atoms with van der Waals surface area (Å²) in [6.45, 7) is 3.66. The molecule has 1 aliphatic carbocycles. The van der Waals surface area contributed by atoms with Gasteiger partial charge in [0.1, 0.15) is 19.4 Å². The first-order chi connectivity index (χ1) is 28.6. The molecule has 294 valence electrons. The van der Waals surface area contributed by atoms with Gasteiger partial charge in [-0.3, -0.25) is 19.2 Å². The zero-order valence-electron chi connectivity index (χ0n) is 32.4. The van der Waals surface area contributed by atoms with Crippen LogP contribution in [0.25, 0.3) is 28.2 Å². The van der Waals surface area contributed by atoms with Crippen LogP contribution in [0.5, 0.6) is 0 Å². The Kier molecular flexibility index (Phi) is 12.0. The Morgan fingerprint density at radius 2 is 1.36 bits per heavy atom. The van der Waals surface area contributed by atoms with Gasteiger partial charge in [0, 0.05) is 34.1 Å². The number of amides is 2. The summed E-state index contributed by atoms with van der Waals surface area (Å²) in [7, 11) is 0. The summed E-state index contributed by atoms with van der Waals surface area (Å²) in [4.78, 5) is 50.1. The third-order valence-electron chi connectivity index (χ3n) is 9.63. The maximum absolute atomic E-state index is 13.0. The Balaban J connectivity index is 0.000000179. The number of nitrogens with one attached hydrogen (secondary N) is 2. The van der Waals surface area contributed by atoms with Crippen molar-refractivity contribution in [2.45, 2.75) is 52.6 Å². The van der Waals surface area contributed by atoms with Crippen molar-refractivity contribution >= 4 is 23.2 Å². The number of rotatable bonds is 9. The molecule has 0 aliphatic heterocycles. The lowest BCUT2D eigenvalue weighted by Gasteiger charge is -2.20. The molecule has 0 atom stereocenters. The molecule has 0 spiro atoms. The van der Waals surface area contributed by atoms with Crippen molar-refractivity contribution in [3.8, 4) is 34.3 Å². The molecule has 15 nitrogen and oxygen atoms in total. The zero-order valence-corrected chi connectivity index (χ0v) is 32.4. The van der Waals surface area contributed by atoms with Crippen LogP contribution in [-0.2, 0) is 35.5 Å². The van der Waals surface area contributed by atoms with Crippen LogP contribution >= 0.6 is 0 Å². The van der Waals surface area contributed by atoms with E-state index in [1.165, 1.54) is 21.8 Å². The Labute approximate surface area is 338 Å². The number of carbonyl (C=O) groups is 2. The maximum atomic E-state index is 13.0. The molecule has 8 rings (SSSR count). The number of fused-ring (bicyclic) bond motifs is 1. The Morgan fingerprint density at radius 3 is 2.02 bits per heavy atom. The standard InChI is InChI=1S/C24H22N4O2.C20H17N7O2/c1-16-9-11-18(12-10-16)23-20-7-2-3-8-21(20)24(30)28(27-23)15-22(29)26-19-6-4-5-17(13-19)14-25;1-14-2-4-15(5-3-14)18-10-11-20(29)26(23-18)12-19(28)22-16-6-8-17(9-7-16)27-13-21-24-25-27/h4-6,9-13H,2-3,7-8,15H2,1H3,(H,26,29);2-11,13H,12H2,1H3,(H,22,28). The first-order valence-electron chi connectivity index (χ1n) is 18.9. The number of benzene rings is 4. The van der Waals surface area contributed by atoms with Gasteiger partial charge in [0.05, 0.1) is 28.7 Å². The highest BCUT2D eigenvalue weighted by Gasteiger charge is 2.22. The van der Waals surface area contributed by atoms with E-state index in [9.17, 15) is 19.2 Å². The highest BCUT2D eigenvalue weighted by atomic mass is 16.2. The van der Waals surface area contributed by atoms with Crippen LogP contribution in [0.15, 0.2) is 125 Å². The summed E-state index contributed by atoms with van der Waals surface area (Å²) in [6, 6.07) is 34.7. The van der Waals surface area contributed by atoms with Gasteiger partial charge < -0.3 is 10.6 Å². The number of tetrazole rings is 1. The zero-order chi connectivity index (χ0) is 41.3. The average molecular weight is 786 g/mol. The third-order valence-corrected chi connectivity index (χ3v) is 9.63. The topological polar surface area (TPSA) is 195 Å². The molecule has 59 heavy (non-hydrogen) atoms. The lowest BCUT2D eigenvalue weighted by atomic mass is 9.89. The monoisotopic (exact) mass is 785 g/mol. The fourth-order valence-electron chi connectivity index (χ4n) is 6.59. The van der Waals surface area contributed by atoms with E-state index in [1.807, 2.05) is 68.4 Å². The van der Waals surface area contributed by atoms with Crippen LogP contribution in [0.3, 0.4) is 0 Å². The summed E-state index contributed by atoms with van der Waals surface area (Å²) in [5.74, 6) is -0.707. The van der Waals surface area contributed by atoms with Crippen LogP contribution in [0.2, 0.25) is 0 Å². The molecule has 3 heterocycles. The Morgan fingerprint density at radius 1 is 0.712 bits per heavy atom. The van der Waals surface area contributed by atoms with Gasteiger partial charge in [-0.15, -0.1) is 5.10 Å². The van der Waals surface area contributed by atoms with E-state index >= 15 is 0 Å². The van der Waals surface area contributed by atoms with E-state index in [4.69, 9.17) is 5.26 Å². The van der Waals surface area contributed by atoms with Crippen molar-refractivity contribution < 1.29 is 9.59 Å². The minimum atomic E-state index is -0.356. The van der Waals surface area contributed by atoms with Gasteiger partial charge in [-0.25, -0.2) is 14.0 Å². The fraction of sp³-hybridized carbons (Fsp3) is 0.182. The number of aryl methyl sites for hydroxylation is 2. The second-order valence-corrected chi connectivity index (χ2v) is 14.0. The van der Waals surface area contributed by atoms with Crippen molar-refractivity contribution in [3.63, 3.8) is 0 Å². The normalized spacial score (nSPS) is 11.7. The molecule has 0 saturated carbocycles. The van der Waals surface area contributed by atoms with Crippen LogP contribution < -0.4 is 21.8 Å². The van der Waals surface area contributed by atoms with E-state index in [0.717, 1.165) is 68.7 Å². The molecule has 0 bridgehead atoms. The number of nitrogens with zero attached hydrogens (tertiary/aromatic N) is 9. The molecule has 4 aromatic carbocycles. The summed E-state index contributed by atoms with van der Waals surface area (Å²) >= 11 is 0. The van der Waals surface area contributed by atoms with E-state index in [-0.39, 0.29) is 36.0 Å². The second kappa shape index (κ2) is 17.9. The van der Waals surface area contributed by atoms with Crippen LogP contribution in [-0.4, -0.2) is 51.6 Å². The number of carbonyl (C=O) groups excluding carboxylic acids is 2. The van der Waals surface area contributed by atoms with Gasteiger partial charge in [-0.05, 0) is 104 Å². The highest BCUT2D eigenvalue weighted by molar-refractivity contribution is 5.91. The van der Waals surface area contributed by atoms with Gasteiger partial charge in [-0.1, -0.05) is 65.7 Å². The smallest absolute Gasteiger partial charge is 0.270 e. The molecule has 15 heteroatoms. The minimum Gasteiger partial charge on any atom is -0.324 e. The SMILES string of the molecule is Cc1ccc(-c2ccc(=O)n(CC(=O)Nc3ccc(-n4cnnn4)cc3)n2)cc1.Cc1ccc(-c2nn(CC(=O)Nc3cccc(C#N)c3)c(=O)c3c2CCCC3)cc1. The van der Waals surface area contributed by atoms with Gasteiger partial charge in [0.15, 0.2) is 0 Å². The first-order valence-corrected chi connectivity index (χ1v) is 18.9. The summed E-state index contributed by atoms with van der Waals surface area (Å²) in [5.41, 5.74) is 9.09. The number of anilines is 2. The summed E-state index contributed by atoms with van der Waals surface area (Å²) < 4.78 is 3.93. The number of hydrogen-bond acceptors (Lipinski definition) is 10. The Hall–Kier alpha value is -7.86. The largest absolute Gasteiger partial charge is 0.324 e. The van der Waals surface area contributed by atoms with Gasteiger partial charge in [0.25, 0.3) is 11.1 Å². The Bertz CT molecular complexity index is 2770. The molecule has 0 radical (unpaired) electrons. The molecule has 0 fully saturated rings. The number of aromatic nitrogens is 8. The third kappa shape index (κ3) is 9.76. The highest BCUT2D eigenvalue weighted by Crippen LogP contribution is 2.28. The van der Waals surface area contributed by atoms with Gasteiger partial charge in [0.2, 0.25) is 11.8 Å². The molecule has 3 aromatic heterocycles. The molecule has 2 amide bonds. The lowest BCUT2D eigenvalue weighted by Crippen LogP contribution is -2.34. The van der Waals surface area contributed by atoms with E-state index in [2.05, 4.69) is 36.4 Å². The molecule has 7 aromatic rings. The van der Waals surface area contributed by atoms with Gasteiger partial charge >= 0.3 is 0 Å². The first kappa shape index (κ1) is 39.4. The minimum absolute atomic E-state index is 0.179. The molecular weight excluding hydrogens is 747 g/mol. The molecule has 2 N–H and O–H groups in total. The maximum Gasteiger partial charge on any atom is 0.270 e. The quantitative estimate of drug-likeness (QED) is 0.190. The number of nitriles is 1. The van der Waals surface area contributed by atoms with Crippen LogP contribution in [0.1, 0.15) is 40.7 Å². The summed E-state index contributed by atoms with van der Waals surface area (Å²) in [5, 5.41) is 34.4. The lowest BCUT2D eigenvalue weighted by molar-refractivity contribution is -0.117. The van der Waals surface area contributed by atoms with Crippen molar-refractivity contribution in [3.05, 3.63) is 164 Å². The van der Waals surface area contributed by atoms with Crippen LogP contribution in [0, 0.1) is 25.2 Å². The van der Waals surface area contributed by atoms with Crippen LogP contribution in [0.4, 0.5) is 11.4 Å². The predicted molar refractivity (Wildman–Crippen MR) is 222 cm³/mol. The average Bonchev–Trinajstić information content (AvgIpc) is 3.79. The van der Waals surface area contributed by atoms with E-state index in [0.29, 0.717) is 29.1 Å². The van der Waals surface area contributed by atoms with Crippen molar-refractivity contribution in [1.82, 2.24) is 39.8 Å². The predicted octanol–water partition coefficient (Wildman–Crippen LogP) is 5.44. The fourth-order valence-corrected chi connectivity index (χ4v) is 6.59. The second-order valence-electron chi connectivity index (χ2n) is 14.0. The molecular formula is C44H39N11O4. The molecule has 0 saturated heterocycles. The van der Waals surface area contributed by atoms with E-state index < -0.39 is 0 Å². The molecule has 0 unspecified atom stereocenters. The summed E-state index contributed by atoms with van der Waals surface area (Å²) in [6.07, 6.45) is 5.02. The number of hydrogen-bond donors (Lipinski definition) is 2. The van der Waals surface area contributed by atoms with Crippen molar-refractivity contribution in [2.24, 2.45) is 0 Å².